The fourth-order valence-corrected chi connectivity index (χ4v) is 2.29. The predicted molar refractivity (Wildman–Crippen MR) is 83.4 cm³/mol. The summed E-state index contributed by atoms with van der Waals surface area (Å²) in [4.78, 5) is 11.9. The number of benzene rings is 2. The predicted octanol–water partition coefficient (Wildman–Crippen LogP) is 4.05. The Morgan fingerprint density at radius 3 is 2.62 bits per heavy atom. The fraction of sp³-hybridized carbons (Fsp3) is 0.133. The fourth-order valence-electron chi connectivity index (χ4n) is 1.63. The van der Waals surface area contributed by atoms with Crippen LogP contribution in [-0.2, 0) is 0 Å². The molecule has 2 aromatic carbocycles. The third-order valence-electron chi connectivity index (χ3n) is 2.65. The normalized spacial score (nSPS) is 10.2. The Hall–Kier alpha value is -1.59. The van der Waals surface area contributed by atoms with Crippen molar-refractivity contribution in [3.63, 3.8) is 0 Å². The maximum atomic E-state index is 12.9. The van der Waals surface area contributed by atoms with Gasteiger partial charge in [0.15, 0.2) is 0 Å². The molecule has 0 aliphatic heterocycles. The number of rotatable bonds is 5. The minimum absolute atomic E-state index is 0.290. The van der Waals surface area contributed by atoms with E-state index < -0.39 is 5.82 Å². The third kappa shape index (κ3) is 4.72. The zero-order valence-electron chi connectivity index (χ0n) is 10.9. The minimum Gasteiger partial charge on any atom is -0.492 e. The lowest BCUT2D eigenvalue weighted by atomic mass is 10.2. The van der Waals surface area contributed by atoms with E-state index in [0.717, 1.165) is 0 Å². The molecule has 6 heteroatoms. The summed E-state index contributed by atoms with van der Waals surface area (Å²) in [6.07, 6.45) is 0. The Labute approximate surface area is 135 Å². The molecule has 2 rings (SSSR count). The standard InChI is InChI=1S/C15H12BrClFNO2/c16-14-9-11(18)3-6-13(14)15(20)19-7-8-21-12-4-1-10(17)2-5-12/h1-6,9H,7-8H2,(H,19,20). The Morgan fingerprint density at radius 1 is 1.24 bits per heavy atom. The first kappa shape index (κ1) is 15.8. The molecule has 0 fully saturated rings. The molecule has 110 valence electrons. The average molecular weight is 373 g/mol. The second kappa shape index (κ2) is 7.43. The molecule has 0 atom stereocenters. The first-order valence-corrected chi connectivity index (χ1v) is 7.35. The van der Waals surface area contributed by atoms with E-state index >= 15 is 0 Å². The molecule has 0 aliphatic carbocycles. The molecule has 21 heavy (non-hydrogen) atoms. The molecule has 0 saturated heterocycles. The van der Waals surface area contributed by atoms with Crippen molar-refractivity contribution >= 4 is 33.4 Å². The molecule has 0 radical (unpaired) electrons. The number of nitrogens with one attached hydrogen (secondary N) is 1. The topological polar surface area (TPSA) is 38.3 Å². The van der Waals surface area contributed by atoms with Gasteiger partial charge in [0.1, 0.15) is 18.2 Å². The lowest BCUT2D eigenvalue weighted by Gasteiger charge is -2.09. The van der Waals surface area contributed by atoms with Gasteiger partial charge in [0, 0.05) is 9.50 Å². The molecule has 1 amide bonds. The van der Waals surface area contributed by atoms with E-state index in [0.29, 0.717) is 34.0 Å². The van der Waals surface area contributed by atoms with Gasteiger partial charge in [-0.2, -0.15) is 0 Å². The zero-order valence-corrected chi connectivity index (χ0v) is 13.2. The summed E-state index contributed by atoms with van der Waals surface area (Å²) < 4.78 is 18.8. The van der Waals surface area contributed by atoms with Gasteiger partial charge in [-0.05, 0) is 58.4 Å². The summed E-state index contributed by atoms with van der Waals surface area (Å²) in [6, 6.07) is 10.9. The van der Waals surface area contributed by atoms with Crippen molar-refractivity contribution in [3.05, 3.63) is 63.3 Å². The van der Waals surface area contributed by atoms with Crippen LogP contribution in [0.1, 0.15) is 10.4 Å². The van der Waals surface area contributed by atoms with E-state index in [1.54, 1.807) is 24.3 Å². The number of amides is 1. The first-order chi connectivity index (χ1) is 10.1. The average Bonchev–Trinajstić information content (AvgIpc) is 2.45. The molecular weight excluding hydrogens is 361 g/mol. The number of carbonyl (C=O) groups is 1. The van der Waals surface area contributed by atoms with E-state index in [-0.39, 0.29) is 5.91 Å². The van der Waals surface area contributed by atoms with Crippen molar-refractivity contribution in [2.45, 2.75) is 0 Å². The molecule has 0 heterocycles. The largest absolute Gasteiger partial charge is 0.492 e. The third-order valence-corrected chi connectivity index (χ3v) is 3.55. The Morgan fingerprint density at radius 2 is 1.95 bits per heavy atom. The highest BCUT2D eigenvalue weighted by atomic mass is 79.9. The summed E-state index contributed by atoms with van der Waals surface area (Å²) in [5.74, 6) is -0.0114. The number of hydrogen-bond acceptors (Lipinski definition) is 2. The van der Waals surface area contributed by atoms with Gasteiger partial charge in [0.2, 0.25) is 0 Å². The van der Waals surface area contributed by atoms with Gasteiger partial charge < -0.3 is 10.1 Å². The van der Waals surface area contributed by atoms with Gasteiger partial charge in [0.05, 0.1) is 12.1 Å². The quantitative estimate of drug-likeness (QED) is 0.804. The van der Waals surface area contributed by atoms with E-state index in [2.05, 4.69) is 21.2 Å². The molecule has 0 unspecified atom stereocenters. The highest BCUT2D eigenvalue weighted by Crippen LogP contribution is 2.18. The van der Waals surface area contributed by atoms with E-state index in [9.17, 15) is 9.18 Å². The Kier molecular flexibility index (Phi) is 5.59. The molecule has 1 N–H and O–H groups in total. The lowest BCUT2D eigenvalue weighted by molar-refractivity contribution is 0.0946. The van der Waals surface area contributed by atoms with Crippen LogP contribution < -0.4 is 10.1 Å². The molecule has 0 spiro atoms. The van der Waals surface area contributed by atoms with Gasteiger partial charge in [-0.25, -0.2) is 4.39 Å². The number of carbonyl (C=O) groups excluding carboxylic acids is 1. The first-order valence-electron chi connectivity index (χ1n) is 6.18. The number of halogens is 3. The Bertz CT molecular complexity index is 634. The van der Waals surface area contributed by atoms with Gasteiger partial charge in [-0.15, -0.1) is 0 Å². The van der Waals surface area contributed by atoms with Crippen LogP contribution in [0.15, 0.2) is 46.9 Å². The van der Waals surface area contributed by atoms with Crippen LogP contribution in [0, 0.1) is 5.82 Å². The van der Waals surface area contributed by atoms with E-state index in [4.69, 9.17) is 16.3 Å². The van der Waals surface area contributed by atoms with Gasteiger partial charge >= 0.3 is 0 Å². The Balaban J connectivity index is 1.80. The summed E-state index contributed by atoms with van der Waals surface area (Å²) in [6.45, 7) is 0.664. The maximum absolute atomic E-state index is 12.9. The van der Waals surface area contributed by atoms with Crippen LogP contribution in [0.2, 0.25) is 5.02 Å². The molecular formula is C15H12BrClFNO2. The van der Waals surface area contributed by atoms with Crippen molar-refractivity contribution in [1.82, 2.24) is 5.32 Å². The zero-order chi connectivity index (χ0) is 15.2. The van der Waals surface area contributed by atoms with Crippen LogP contribution in [0.25, 0.3) is 0 Å². The monoisotopic (exact) mass is 371 g/mol. The van der Waals surface area contributed by atoms with E-state index in [1.165, 1.54) is 18.2 Å². The number of hydrogen-bond donors (Lipinski definition) is 1. The summed E-state index contributed by atoms with van der Waals surface area (Å²) in [7, 11) is 0. The van der Waals surface area contributed by atoms with Gasteiger partial charge in [-0.3, -0.25) is 4.79 Å². The molecule has 0 aliphatic rings. The van der Waals surface area contributed by atoms with Gasteiger partial charge in [-0.1, -0.05) is 11.6 Å². The molecule has 2 aromatic rings. The highest BCUT2D eigenvalue weighted by molar-refractivity contribution is 9.10. The van der Waals surface area contributed by atoms with Gasteiger partial charge in [0.25, 0.3) is 5.91 Å². The van der Waals surface area contributed by atoms with Crippen molar-refractivity contribution in [2.75, 3.05) is 13.2 Å². The van der Waals surface area contributed by atoms with Crippen molar-refractivity contribution in [1.29, 1.82) is 0 Å². The molecule has 0 aromatic heterocycles. The van der Waals surface area contributed by atoms with E-state index in [1.807, 2.05) is 0 Å². The molecule has 0 bridgehead atoms. The summed E-state index contributed by atoms with van der Waals surface area (Å²) >= 11 is 8.92. The van der Waals surface area contributed by atoms with Crippen LogP contribution in [-0.4, -0.2) is 19.1 Å². The lowest BCUT2D eigenvalue weighted by Crippen LogP contribution is -2.28. The van der Waals surface area contributed by atoms with Crippen LogP contribution >= 0.6 is 27.5 Å². The minimum atomic E-state index is -0.399. The second-order valence-corrected chi connectivity index (χ2v) is 5.47. The molecule has 0 saturated carbocycles. The van der Waals surface area contributed by atoms with Crippen LogP contribution in [0.5, 0.6) is 5.75 Å². The van der Waals surface area contributed by atoms with Crippen molar-refractivity contribution in [3.8, 4) is 5.75 Å². The SMILES string of the molecule is O=C(NCCOc1ccc(Cl)cc1)c1ccc(F)cc1Br. The van der Waals surface area contributed by atoms with Crippen LogP contribution in [0.4, 0.5) is 4.39 Å². The van der Waals surface area contributed by atoms with Crippen LogP contribution in [0.3, 0.4) is 0 Å². The summed E-state index contributed by atoms with van der Waals surface area (Å²) in [5.41, 5.74) is 0.378. The maximum Gasteiger partial charge on any atom is 0.252 e. The van der Waals surface area contributed by atoms with Crippen molar-refractivity contribution < 1.29 is 13.9 Å². The second-order valence-electron chi connectivity index (χ2n) is 4.18. The summed E-state index contributed by atoms with van der Waals surface area (Å²) in [5, 5.41) is 3.33. The highest BCUT2D eigenvalue weighted by Gasteiger charge is 2.10. The molecule has 3 nitrogen and oxygen atoms in total. The number of ether oxygens (including phenoxy) is 1. The van der Waals surface area contributed by atoms with Crippen molar-refractivity contribution in [2.24, 2.45) is 0 Å². The smallest absolute Gasteiger partial charge is 0.252 e.